The molecule has 1 fully saturated rings. The van der Waals surface area contributed by atoms with Gasteiger partial charge in [-0.1, -0.05) is 31.2 Å². The molecule has 1 aromatic rings. The molecule has 0 radical (unpaired) electrons. The van der Waals surface area contributed by atoms with Gasteiger partial charge in [0.05, 0.1) is 0 Å². The zero-order valence-electron chi connectivity index (χ0n) is 8.38. The molecule has 1 aliphatic rings. The lowest BCUT2D eigenvalue weighted by atomic mass is 9.88. The molecule has 70 valence electrons. The van der Waals surface area contributed by atoms with Crippen LogP contribution in [-0.2, 0) is 0 Å². The topological polar surface area (TPSA) is 12.0 Å². The van der Waals surface area contributed by atoms with Crippen molar-refractivity contribution in [2.45, 2.75) is 19.8 Å². The van der Waals surface area contributed by atoms with Gasteiger partial charge in [0.15, 0.2) is 0 Å². The first-order valence-corrected chi connectivity index (χ1v) is 5.05. The fourth-order valence-corrected chi connectivity index (χ4v) is 2.23. The Hall–Kier alpha value is -0.820. The minimum atomic E-state index is 0.723. The van der Waals surface area contributed by atoms with Crippen molar-refractivity contribution in [1.82, 2.24) is 5.32 Å². The molecule has 0 bridgehead atoms. The van der Waals surface area contributed by atoms with Crippen molar-refractivity contribution in [3.05, 3.63) is 35.4 Å². The van der Waals surface area contributed by atoms with Crippen LogP contribution in [0.3, 0.4) is 0 Å². The SMILES string of the molecule is Cc1ccccc1[C@H]1CNC[C@H]1C. The molecular weight excluding hydrogens is 158 g/mol. The molecule has 0 spiro atoms. The average Bonchev–Trinajstić information content (AvgIpc) is 2.52. The fraction of sp³-hybridized carbons (Fsp3) is 0.500. The summed E-state index contributed by atoms with van der Waals surface area (Å²) in [6.07, 6.45) is 0. The molecule has 13 heavy (non-hydrogen) atoms. The molecule has 0 amide bonds. The van der Waals surface area contributed by atoms with E-state index < -0.39 is 0 Å². The van der Waals surface area contributed by atoms with Gasteiger partial charge in [0, 0.05) is 12.5 Å². The van der Waals surface area contributed by atoms with E-state index >= 15 is 0 Å². The second-order valence-electron chi connectivity index (χ2n) is 4.10. The van der Waals surface area contributed by atoms with Crippen molar-refractivity contribution in [2.24, 2.45) is 5.92 Å². The molecule has 1 heteroatoms. The van der Waals surface area contributed by atoms with E-state index in [1.807, 2.05) is 0 Å². The van der Waals surface area contributed by atoms with Crippen LogP contribution in [0.1, 0.15) is 24.0 Å². The van der Waals surface area contributed by atoms with Crippen molar-refractivity contribution < 1.29 is 0 Å². The van der Waals surface area contributed by atoms with Gasteiger partial charge in [0.25, 0.3) is 0 Å². The van der Waals surface area contributed by atoms with E-state index in [0.29, 0.717) is 0 Å². The standard InChI is InChI=1S/C12H17N/c1-9-5-3-4-6-11(9)12-8-13-7-10(12)2/h3-6,10,12-13H,7-8H2,1-2H3/t10-,12+/m1/s1. The Balaban J connectivity index is 2.29. The summed E-state index contributed by atoms with van der Waals surface area (Å²) in [5, 5.41) is 3.45. The molecule has 2 rings (SSSR count). The lowest BCUT2D eigenvalue weighted by Crippen LogP contribution is -2.09. The lowest BCUT2D eigenvalue weighted by Gasteiger charge is -2.16. The summed E-state index contributed by atoms with van der Waals surface area (Å²) in [4.78, 5) is 0. The molecule has 1 N–H and O–H groups in total. The van der Waals surface area contributed by atoms with Crippen LogP contribution in [0.4, 0.5) is 0 Å². The Morgan fingerprint density at radius 2 is 2.00 bits per heavy atom. The van der Waals surface area contributed by atoms with Crippen molar-refractivity contribution in [3.63, 3.8) is 0 Å². The molecular formula is C12H17N. The molecule has 1 aliphatic heterocycles. The Morgan fingerprint density at radius 1 is 1.23 bits per heavy atom. The Labute approximate surface area is 80.2 Å². The lowest BCUT2D eigenvalue weighted by molar-refractivity contribution is 0.570. The Kier molecular flexibility index (Phi) is 2.36. The van der Waals surface area contributed by atoms with Gasteiger partial charge in [-0.2, -0.15) is 0 Å². The molecule has 0 aliphatic carbocycles. The summed E-state index contributed by atoms with van der Waals surface area (Å²) in [6, 6.07) is 8.74. The summed E-state index contributed by atoms with van der Waals surface area (Å²) in [5.74, 6) is 1.50. The van der Waals surface area contributed by atoms with Gasteiger partial charge in [-0.15, -0.1) is 0 Å². The van der Waals surface area contributed by atoms with Crippen molar-refractivity contribution in [2.75, 3.05) is 13.1 Å². The molecule has 0 aromatic heterocycles. The van der Waals surface area contributed by atoms with Crippen LogP contribution in [0.2, 0.25) is 0 Å². The summed E-state index contributed by atoms with van der Waals surface area (Å²) < 4.78 is 0. The van der Waals surface area contributed by atoms with E-state index in [0.717, 1.165) is 18.4 Å². The van der Waals surface area contributed by atoms with Crippen LogP contribution in [0.25, 0.3) is 0 Å². The van der Waals surface area contributed by atoms with Gasteiger partial charge < -0.3 is 5.32 Å². The summed E-state index contributed by atoms with van der Waals surface area (Å²) in [6.45, 7) is 6.85. The van der Waals surface area contributed by atoms with Crippen LogP contribution in [0, 0.1) is 12.8 Å². The van der Waals surface area contributed by atoms with Crippen molar-refractivity contribution in [1.29, 1.82) is 0 Å². The molecule has 1 saturated heterocycles. The fourth-order valence-electron chi connectivity index (χ4n) is 2.23. The van der Waals surface area contributed by atoms with Crippen molar-refractivity contribution in [3.8, 4) is 0 Å². The van der Waals surface area contributed by atoms with Gasteiger partial charge in [0.1, 0.15) is 0 Å². The number of nitrogens with one attached hydrogen (secondary N) is 1. The first-order valence-electron chi connectivity index (χ1n) is 5.05. The zero-order chi connectivity index (χ0) is 9.26. The molecule has 2 atom stereocenters. The van der Waals surface area contributed by atoms with E-state index in [4.69, 9.17) is 0 Å². The van der Waals surface area contributed by atoms with Gasteiger partial charge in [-0.05, 0) is 30.5 Å². The van der Waals surface area contributed by atoms with E-state index in [1.54, 1.807) is 0 Å². The first kappa shape index (κ1) is 8.76. The van der Waals surface area contributed by atoms with E-state index in [9.17, 15) is 0 Å². The minimum Gasteiger partial charge on any atom is -0.316 e. The maximum Gasteiger partial charge on any atom is 0.00234 e. The smallest absolute Gasteiger partial charge is 0.00234 e. The molecule has 0 unspecified atom stereocenters. The van der Waals surface area contributed by atoms with Gasteiger partial charge >= 0.3 is 0 Å². The van der Waals surface area contributed by atoms with Crippen molar-refractivity contribution >= 4 is 0 Å². The normalized spacial score (nSPS) is 27.8. The van der Waals surface area contributed by atoms with Crippen LogP contribution in [-0.4, -0.2) is 13.1 Å². The van der Waals surface area contributed by atoms with Crippen LogP contribution < -0.4 is 5.32 Å². The highest BCUT2D eigenvalue weighted by Crippen LogP contribution is 2.29. The predicted octanol–water partition coefficient (Wildman–Crippen LogP) is 2.32. The number of hydrogen-bond donors (Lipinski definition) is 1. The largest absolute Gasteiger partial charge is 0.316 e. The summed E-state index contributed by atoms with van der Waals surface area (Å²) in [5.41, 5.74) is 2.96. The predicted molar refractivity (Wildman–Crippen MR) is 56.0 cm³/mol. The maximum absolute atomic E-state index is 3.45. The quantitative estimate of drug-likeness (QED) is 0.690. The molecule has 1 aromatic carbocycles. The second-order valence-corrected chi connectivity index (χ2v) is 4.10. The average molecular weight is 175 g/mol. The zero-order valence-corrected chi connectivity index (χ0v) is 8.38. The number of rotatable bonds is 1. The maximum atomic E-state index is 3.45. The Bertz CT molecular complexity index is 293. The van der Waals surface area contributed by atoms with E-state index in [2.05, 4.69) is 43.4 Å². The summed E-state index contributed by atoms with van der Waals surface area (Å²) in [7, 11) is 0. The molecule has 1 heterocycles. The van der Waals surface area contributed by atoms with Crippen LogP contribution in [0.5, 0.6) is 0 Å². The van der Waals surface area contributed by atoms with Gasteiger partial charge in [-0.3, -0.25) is 0 Å². The number of hydrogen-bond acceptors (Lipinski definition) is 1. The van der Waals surface area contributed by atoms with Crippen LogP contribution in [0.15, 0.2) is 24.3 Å². The highest BCUT2D eigenvalue weighted by atomic mass is 14.9. The Morgan fingerprint density at radius 3 is 2.62 bits per heavy atom. The number of aryl methyl sites for hydroxylation is 1. The van der Waals surface area contributed by atoms with E-state index in [-0.39, 0.29) is 0 Å². The highest BCUT2D eigenvalue weighted by Gasteiger charge is 2.25. The molecule has 1 nitrogen and oxygen atoms in total. The third-order valence-corrected chi connectivity index (χ3v) is 3.11. The van der Waals surface area contributed by atoms with Gasteiger partial charge in [-0.25, -0.2) is 0 Å². The first-order chi connectivity index (χ1) is 6.29. The number of benzene rings is 1. The molecule has 0 saturated carbocycles. The van der Waals surface area contributed by atoms with Gasteiger partial charge in [0.2, 0.25) is 0 Å². The second kappa shape index (κ2) is 3.51. The highest BCUT2D eigenvalue weighted by molar-refractivity contribution is 5.30. The monoisotopic (exact) mass is 175 g/mol. The van der Waals surface area contributed by atoms with Crippen LogP contribution >= 0.6 is 0 Å². The third-order valence-electron chi connectivity index (χ3n) is 3.11. The minimum absolute atomic E-state index is 0.723. The van der Waals surface area contributed by atoms with E-state index in [1.165, 1.54) is 17.7 Å². The third kappa shape index (κ3) is 1.61. The summed E-state index contributed by atoms with van der Waals surface area (Å²) >= 11 is 0.